The zero-order chi connectivity index (χ0) is 14.3. The Morgan fingerprint density at radius 3 is 2.65 bits per heavy atom. The van der Waals surface area contributed by atoms with Gasteiger partial charge in [0.25, 0.3) is 0 Å². The van der Waals surface area contributed by atoms with Crippen LogP contribution in [0, 0.1) is 5.92 Å². The van der Waals surface area contributed by atoms with E-state index in [1.807, 2.05) is 43.3 Å². The van der Waals surface area contributed by atoms with Gasteiger partial charge < -0.3 is 10.2 Å². The van der Waals surface area contributed by atoms with Crippen molar-refractivity contribution in [1.29, 1.82) is 0 Å². The summed E-state index contributed by atoms with van der Waals surface area (Å²) in [4.78, 5) is 12.9. The quantitative estimate of drug-likeness (QED) is 0.901. The van der Waals surface area contributed by atoms with E-state index >= 15 is 0 Å². The molecule has 20 heavy (non-hydrogen) atoms. The Balaban J connectivity index is 1.87. The number of hydrogen-bond acceptors (Lipinski definition) is 3. The highest BCUT2D eigenvalue weighted by Crippen LogP contribution is 2.37. The van der Waals surface area contributed by atoms with Crippen LogP contribution in [0.5, 0.6) is 5.75 Å². The van der Waals surface area contributed by atoms with Crippen molar-refractivity contribution in [2.24, 2.45) is 5.92 Å². The average molecular weight is 271 g/mol. The van der Waals surface area contributed by atoms with Crippen LogP contribution in [0.3, 0.4) is 0 Å². The van der Waals surface area contributed by atoms with Crippen LogP contribution in [0.4, 0.5) is 0 Å². The van der Waals surface area contributed by atoms with Gasteiger partial charge in [0, 0.05) is 30.1 Å². The minimum atomic E-state index is -0.740. The number of phenols is 1. The summed E-state index contributed by atoms with van der Waals surface area (Å²) in [5.74, 6) is -0.717. The van der Waals surface area contributed by atoms with Gasteiger partial charge in [0.05, 0.1) is 5.92 Å². The average Bonchev–Trinajstić information content (AvgIpc) is 2.37. The number of hydrogen-bond donors (Lipinski definition) is 2. The van der Waals surface area contributed by atoms with Gasteiger partial charge in [0.2, 0.25) is 0 Å². The highest BCUT2D eigenvalue weighted by molar-refractivity contribution is 5.89. The Labute approximate surface area is 117 Å². The number of aliphatic carboxylic acids is 1. The van der Waals surface area contributed by atoms with E-state index in [-0.39, 0.29) is 12.0 Å². The molecule has 0 aliphatic carbocycles. The molecule has 4 nitrogen and oxygen atoms in total. The van der Waals surface area contributed by atoms with E-state index in [0.717, 1.165) is 16.3 Å². The number of nitrogens with zero attached hydrogens (tertiary/aromatic N) is 1. The van der Waals surface area contributed by atoms with Gasteiger partial charge in [0.15, 0.2) is 0 Å². The molecule has 0 spiro atoms. The molecule has 1 saturated heterocycles. The lowest BCUT2D eigenvalue weighted by atomic mass is 9.93. The first-order chi connectivity index (χ1) is 9.58. The van der Waals surface area contributed by atoms with Gasteiger partial charge in [-0.05, 0) is 12.3 Å². The Hall–Kier alpha value is -2.07. The van der Waals surface area contributed by atoms with Crippen LogP contribution in [-0.2, 0) is 4.79 Å². The predicted molar refractivity (Wildman–Crippen MR) is 76.7 cm³/mol. The normalized spacial score (nSPS) is 17.9. The lowest BCUT2D eigenvalue weighted by Gasteiger charge is -2.41. The number of phenolic OH excluding ortho intramolecular Hbond substituents is 1. The molecule has 1 unspecified atom stereocenters. The molecule has 0 amide bonds. The molecule has 2 aromatic rings. The summed E-state index contributed by atoms with van der Waals surface area (Å²) in [5.41, 5.74) is 0.854. The number of carboxylic acid groups (broad SMARTS) is 1. The fourth-order valence-corrected chi connectivity index (χ4v) is 2.79. The van der Waals surface area contributed by atoms with E-state index in [0.29, 0.717) is 18.8 Å². The highest BCUT2D eigenvalue weighted by atomic mass is 16.4. The lowest BCUT2D eigenvalue weighted by molar-refractivity contribution is -0.148. The maximum atomic E-state index is 10.9. The third-order valence-electron chi connectivity index (χ3n) is 4.19. The Kier molecular flexibility index (Phi) is 3.10. The molecule has 2 aromatic carbocycles. The molecule has 104 valence electrons. The molecule has 1 fully saturated rings. The van der Waals surface area contributed by atoms with Gasteiger partial charge in [-0.3, -0.25) is 9.69 Å². The second-order valence-corrected chi connectivity index (χ2v) is 5.39. The van der Waals surface area contributed by atoms with Crippen molar-refractivity contribution in [3.05, 3.63) is 42.0 Å². The zero-order valence-corrected chi connectivity index (χ0v) is 11.3. The maximum Gasteiger partial charge on any atom is 0.309 e. The molecule has 1 aliphatic heterocycles. The molecular formula is C16H17NO3. The van der Waals surface area contributed by atoms with Crippen LogP contribution in [0.15, 0.2) is 36.4 Å². The summed E-state index contributed by atoms with van der Waals surface area (Å²) < 4.78 is 0. The number of benzene rings is 2. The third kappa shape index (κ3) is 2.02. The summed E-state index contributed by atoms with van der Waals surface area (Å²) in [6.07, 6.45) is 0. The first-order valence-electron chi connectivity index (χ1n) is 6.75. The lowest BCUT2D eigenvalue weighted by Crippen LogP contribution is -2.51. The molecule has 0 aromatic heterocycles. The van der Waals surface area contributed by atoms with Crippen LogP contribution in [-0.4, -0.2) is 34.2 Å². The van der Waals surface area contributed by atoms with Crippen LogP contribution in [0.25, 0.3) is 10.8 Å². The Morgan fingerprint density at radius 2 is 1.95 bits per heavy atom. The van der Waals surface area contributed by atoms with Crippen LogP contribution in [0.1, 0.15) is 18.5 Å². The van der Waals surface area contributed by atoms with Gasteiger partial charge in [0.1, 0.15) is 5.75 Å². The topological polar surface area (TPSA) is 60.8 Å². The summed E-state index contributed by atoms with van der Waals surface area (Å²) in [5, 5.41) is 21.2. The maximum absolute atomic E-state index is 10.9. The Bertz CT molecular complexity index is 662. The zero-order valence-electron chi connectivity index (χ0n) is 11.3. The second-order valence-electron chi connectivity index (χ2n) is 5.39. The number of likely N-dealkylation sites (tertiary alicyclic amines) is 1. The molecule has 0 bridgehead atoms. The van der Waals surface area contributed by atoms with Crippen molar-refractivity contribution in [3.63, 3.8) is 0 Å². The van der Waals surface area contributed by atoms with Crippen molar-refractivity contribution < 1.29 is 15.0 Å². The molecule has 4 heteroatoms. The SMILES string of the molecule is CC(c1ccc2ccccc2c1O)N1CC(C(=O)O)C1. The predicted octanol–water partition coefficient (Wildman–Crippen LogP) is 2.62. The smallest absolute Gasteiger partial charge is 0.309 e. The van der Waals surface area contributed by atoms with Crippen molar-refractivity contribution in [2.75, 3.05) is 13.1 Å². The van der Waals surface area contributed by atoms with Crippen molar-refractivity contribution in [1.82, 2.24) is 4.90 Å². The number of rotatable bonds is 3. The standard InChI is InChI=1S/C16H17NO3/c1-10(17-8-12(9-17)16(19)20)13-7-6-11-4-2-3-5-14(11)15(13)18/h2-7,10,12,18H,8-9H2,1H3,(H,19,20). The molecule has 2 N–H and O–H groups in total. The second kappa shape index (κ2) is 4.80. The van der Waals surface area contributed by atoms with E-state index < -0.39 is 5.97 Å². The van der Waals surface area contributed by atoms with Gasteiger partial charge >= 0.3 is 5.97 Å². The molecule has 3 rings (SSSR count). The fourth-order valence-electron chi connectivity index (χ4n) is 2.79. The number of aromatic hydroxyl groups is 1. The fraction of sp³-hybridized carbons (Fsp3) is 0.312. The van der Waals surface area contributed by atoms with Crippen LogP contribution in [0.2, 0.25) is 0 Å². The van der Waals surface area contributed by atoms with Crippen molar-refractivity contribution >= 4 is 16.7 Å². The first-order valence-corrected chi connectivity index (χ1v) is 6.75. The summed E-state index contributed by atoms with van der Waals surface area (Å²) in [6, 6.07) is 11.7. The third-order valence-corrected chi connectivity index (χ3v) is 4.19. The monoisotopic (exact) mass is 271 g/mol. The first kappa shape index (κ1) is 12.9. The van der Waals surface area contributed by atoms with Gasteiger partial charge in [-0.2, -0.15) is 0 Å². The molecular weight excluding hydrogens is 254 g/mol. The summed E-state index contributed by atoms with van der Waals surface area (Å²) in [6.45, 7) is 3.09. The van der Waals surface area contributed by atoms with Crippen LogP contribution >= 0.6 is 0 Å². The van der Waals surface area contributed by atoms with Crippen molar-refractivity contribution in [2.45, 2.75) is 13.0 Å². The molecule has 0 radical (unpaired) electrons. The van der Waals surface area contributed by atoms with Gasteiger partial charge in [-0.25, -0.2) is 0 Å². The molecule has 1 heterocycles. The van der Waals surface area contributed by atoms with Crippen LogP contribution < -0.4 is 0 Å². The van der Waals surface area contributed by atoms with Crippen molar-refractivity contribution in [3.8, 4) is 5.75 Å². The minimum absolute atomic E-state index is 0.0233. The van der Waals surface area contributed by atoms with E-state index in [9.17, 15) is 9.90 Å². The summed E-state index contributed by atoms with van der Waals surface area (Å²) >= 11 is 0. The number of carboxylic acids is 1. The van der Waals surface area contributed by atoms with E-state index in [1.165, 1.54) is 0 Å². The molecule has 1 aliphatic rings. The van der Waals surface area contributed by atoms with Gasteiger partial charge in [-0.15, -0.1) is 0 Å². The largest absolute Gasteiger partial charge is 0.507 e. The Morgan fingerprint density at radius 1 is 1.25 bits per heavy atom. The summed E-state index contributed by atoms with van der Waals surface area (Å²) in [7, 11) is 0. The number of carbonyl (C=O) groups is 1. The van der Waals surface area contributed by atoms with E-state index in [1.54, 1.807) is 0 Å². The van der Waals surface area contributed by atoms with E-state index in [4.69, 9.17) is 5.11 Å². The molecule has 0 saturated carbocycles. The minimum Gasteiger partial charge on any atom is -0.507 e. The van der Waals surface area contributed by atoms with Gasteiger partial charge in [-0.1, -0.05) is 36.4 Å². The highest BCUT2D eigenvalue weighted by Gasteiger charge is 2.36. The number of fused-ring (bicyclic) bond motifs is 1. The molecule has 1 atom stereocenters. The van der Waals surface area contributed by atoms with E-state index in [2.05, 4.69) is 4.90 Å².